The van der Waals surface area contributed by atoms with E-state index < -0.39 is 24.1 Å². The van der Waals surface area contributed by atoms with Crippen LogP contribution in [0.3, 0.4) is 0 Å². The monoisotopic (exact) mass is 448 g/mol. The van der Waals surface area contributed by atoms with Crippen molar-refractivity contribution in [3.8, 4) is 0 Å². The summed E-state index contributed by atoms with van der Waals surface area (Å²) in [5, 5.41) is 11.4. The number of hydrogen-bond acceptors (Lipinski definition) is 6. The summed E-state index contributed by atoms with van der Waals surface area (Å²) in [7, 11) is 0. The minimum absolute atomic E-state index is 0.227. The number of hydrogen-bond donors (Lipinski definition) is 1. The highest BCUT2D eigenvalue weighted by Gasteiger charge is 2.42. The van der Waals surface area contributed by atoms with Gasteiger partial charge in [-0.1, -0.05) is 60.7 Å². The second-order valence-corrected chi connectivity index (χ2v) is 7.67. The van der Waals surface area contributed by atoms with Crippen molar-refractivity contribution in [2.75, 3.05) is 32.8 Å². The number of amides is 2. The molecule has 0 spiro atoms. The molecule has 2 amide bonds. The predicted octanol–water partition coefficient (Wildman–Crippen LogP) is 2.04. The van der Waals surface area contributed by atoms with Crippen LogP contribution in [0.4, 0.5) is 0 Å². The van der Waals surface area contributed by atoms with Crippen molar-refractivity contribution >= 4 is 17.8 Å². The molecule has 0 radical (unpaired) electrons. The predicted molar refractivity (Wildman–Crippen MR) is 118 cm³/mol. The minimum atomic E-state index is -2.04. The number of ether oxygens (including phenoxy) is 1. The number of esters is 1. The first-order valence-corrected chi connectivity index (χ1v) is 10.6. The minimum Gasteiger partial charge on any atom is -0.459 e. The second-order valence-electron chi connectivity index (χ2n) is 7.67. The molecule has 2 aromatic carbocycles. The number of nitrogens with zero attached hydrogens (tertiary/aromatic N) is 2. The van der Waals surface area contributed by atoms with E-state index in [1.165, 1.54) is 11.2 Å². The third-order valence-corrected chi connectivity index (χ3v) is 5.66. The van der Waals surface area contributed by atoms with E-state index in [9.17, 15) is 19.5 Å². The van der Waals surface area contributed by atoms with Crippen LogP contribution >= 0.6 is 0 Å². The van der Waals surface area contributed by atoms with Crippen LogP contribution in [0.1, 0.15) is 21.7 Å². The SMILES string of the molecule is O=C(COC(=O)C(O)(c1ccccc1)c1ccccc1)N1CCN(C(=O)c2ccco2)CC1. The Morgan fingerprint density at radius 3 is 1.88 bits per heavy atom. The van der Waals surface area contributed by atoms with Crippen LogP contribution in [-0.4, -0.2) is 65.5 Å². The summed E-state index contributed by atoms with van der Waals surface area (Å²) in [6, 6.07) is 20.2. The molecule has 4 rings (SSSR count). The number of furan rings is 1. The maximum absolute atomic E-state index is 13.0. The molecule has 1 N–H and O–H groups in total. The van der Waals surface area contributed by atoms with Gasteiger partial charge in [0.05, 0.1) is 6.26 Å². The Labute approximate surface area is 191 Å². The van der Waals surface area contributed by atoms with Gasteiger partial charge in [-0.25, -0.2) is 4.79 Å². The normalized spacial score (nSPS) is 14.1. The van der Waals surface area contributed by atoms with Crippen molar-refractivity contribution < 1.29 is 28.6 Å². The van der Waals surface area contributed by atoms with Gasteiger partial charge in [-0.05, 0) is 23.3 Å². The van der Waals surface area contributed by atoms with Gasteiger partial charge in [0.1, 0.15) is 0 Å². The highest BCUT2D eigenvalue weighted by atomic mass is 16.6. The van der Waals surface area contributed by atoms with Crippen LogP contribution in [-0.2, 0) is 19.9 Å². The molecule has 1 aliphatic heterocycles. The molecule has 1 aromatic heterocycles. The van der Waals surface area contributed by atoms with Crippen molar-refractivity contribution in [2.24, 2.45) is 0 Å². The second kappa shape index (κ2) is 9.70. The number of piperazine rings is 1. The van der Waals surface area contributed by atoms with Crippen LogP contribution in [0.25, 0.3) is 0 Å². The third kappa shape index (κ3) is 4.65. The zero-order chi connectivity index (χ0) is 23.3. The highest BCUT2D eigenvalue weighted by molar-refractivity contribution is 5.92. The molecule has 3 aromatic rings. The summed E-state index contributed by atoms with van der Waals surface area (Å²) in [6.07, 6.45) is 1.44. The van der Waals surface area contributed by atoms with Crippen molar-refractivity contribution in [3.05, 3.63) is 95.9 Å². The van der Waals surface area contributed by atoms with Gasteiger partial charge in [-0.2, -0.15) is 0 Å². The van der Waals surface area contributed by atoms with Crippen molar-refractivity contribution in [2.45, 2.75) is 5.60 Å². The summed E-state index contributed by atoms with van der Waals surface area (Å²) in [5.74, 6) is -1.30. The Kier molecular flexibility index (Phi) is 6.55. The molecule has 0 bridgehead atoms. The number of aliphatic hydroxyl groups is 1. The summed E-state index contributed by atoms with van der Waals surface area (Å²) in [5.41, 5.74) is -1.35. The first-order chi connectivity index (χ1) is 16.0. The van der Waals surface area contributed by atoms with E-state index in [-0.39, 0.29) is 11.7 Å². The third-order valence-electron chi connectivity index (χ3n) is 5.66. The molecule has 0 atom stereocenters. The molecular formula is C25H24N2O6. The topological polar surface area (TPSA) is 100 Å². The molecule has 8 heteroatoms. The van der Waals surface area contributed by atoms with E-state index in [4.69, 9.17) is 9.15 Å². The van der Waals surface area contributed by atoms with Crippen molar-refractivity contribution in [1.29, 1.82) is 0 Å². The van der Waals surface area contributed by atoms with Gasteiger partial charge in [0.25, 0.3) is 11.8 Å². The van der Waals surface area contributed by atoms with Crippen LogP contribution in [0, 0.1) is 0 Å². The van der Waals surface area contributed by atoms with E-state index in [0.29, 0.717) is 37.3 Å². The van der Waals surface area contributed by atoms with Gasteiger partial charge in [0, 0.05) is 26.2 Å². The average molecular weight is 448 g/mol. The number of carbonyl (C=O) groups excluding carboxylic acids is 3. The van der Waals surface area contributed by atoms with E-state index >= 15 is 0 Å². The van der Waals surface area contributed by atoms with E-state index in [2.05, 4.69) is 0 Å². The maximum Gasteiger partial charge on any atom is 0.348 e. The summed E-state index contributed by atoms with van der Waals surface area (Å²) >= 11 is 0. The van der Waals surface area contributed by atoms with Gasteiger partial charge in [0.2, 0.25) is 5.60 Å². The number of carbonyl (C=O) groups is 3. The number of rotatable bonds is 6. The van der Waals surface area contributed by atoms with Gasteiger partial charge in [0.15, 0.2) is 12.4 Å². The Bertz CT molecular complexity index is 1050. The summed E-state index contributed by atoms with van der Waals surface area (Å²) in [6.45, 7) is 0.802. The van der Waals surface area contributed by atoms with E-state index in [1.54, 1.807) is 77.7 Å². The fourth-order valence-electron chi connectivity index (χ4n) is 3.80. The largest absolute Gasteiger partial charge is 0.459 e. The Morgan fingerprint density at radius 1 is 0.818 bits per heavy atom. The van der Waals surface area contributed by atoms with Crippen LogP contribution in [0.5, 0.6) is 0 Å². The van der Waals surface area contributed by atoms with Crippen molar-refractivity contribution in [3.63, 3.8) is 0 Å². The van der Waals surface area contributed by atoms with Crippen LogP contribution in [0.2, 0.25) is 0 Å². The lowest BCUT2D eigenvalue weighted by atomic mass is 9.86. The van der Waals surface area contributed by atoms with Gasteiger partial charge >= 0.3 is 5.97 Å². The summed E-state index contributed by atoms with van der Waals surface area (Å²) in [4.78, 5) is 41.2. The summed E-state index contributed by atoms with van der Waals surface area (Å²) < 4.78 is 10.4. The average Bonchev–Trinajstić information content (AvgIpc) is 3.42. The van der Waals surface area contributed by atoms with Gasteiger partial charge in [-0.3, -0.25) is 9.59 Å². The molecule has 1 saturated heterocycles. The lowest BCUT2D eigenvalue weighted by Gasteiger charge is -2.34. The lowest BCUT2D eigenvalue weighted by molar-refractivity contribution is -0.166. The van der Waals surface area contributed by atoms with E-state index in [1.807, 2.05) is 0 Å². The molecule has 33 heavy (non-hydrogen) atoms. The zero-order valence-corrected chi connectivity index (χ0v) is 17.9. The molecule has 170 valence electrons. The van der Waals surface area contributed by atoms with E-state index in [0.717, 1.165) is 0 Å². The van der Waals surface area contributed by atoms with Crippen molar-refractivity contribution in [1.82, 2.24) is 9.80 Å². The Balaban J connectivity index is 1.38. The first-order valence-electron chi connectivity index (χ1n) is 10.6. The fourth-order valence-corrected chi connectivity index (χ4v) is 3.80. The molecule has 0 aliphatic carbocycles. The molecule has 8 nitrogen and oxygen atoms in total. The lowest BCUT2D eigenvalue weighted by Crippen LogP contribution is -2.51. The Hall–Kier alpha value is -3.91. The van der Waals surface area contributed by atoms with Crippen LogP contribution < -0.4 is 0 Å². The highest BCUT2D eigenvalue weighted by Crippen LogP contribution is 2.31. The standard InChI is InChI=1S/C25H24N2O6/c28-22(26-13-15-27(16-14-26)23(29)21-12-7-17-32-21)18-33-24(30)25(31,19-8-3-1-4-9-19)20-10-5-2-6-11-20/h1-12,17,31H,13-16,18H2. The molecule has 0 unspecified atom stereocenters. The molecule has 1 fully saturated rings. The molecular weight excluding hydrogens is 424 g/mol. The quantitative estimate of drug-likeness (QED) is 0.580. The molecule has 2 heterocycles. The molecule has 1 aliphatic rings. The smallest absolute Gasteiger partial charge is 0.348 e. The first kappa shape index (κ1) is 22.3. The zero-order valence-electron chi connectivity index (χ0n) is 17.9. The molecule has 0 saturated carbocycles. The number of benzene rings is 2. The van der Waals surface area contributed by atoms with Crippen LogP contribution in [0.15, 0.2) is 83.5 Å². The fraction of sp³-hybridized carbons (Fsp3) is 0.240. The van der Waals surface area contributed by atoms with Gasteiger partial charge < -0.3 is 24.1 Å². The maximum atomic E-state index is 13.0. The van der Waals surface area contributed by atoms with Gasteiger partial charge in [-0.15, -0.1) is 0 Å². The Morgan fingerprint density at radius 2 is 1.36 bits per heavy atom.